The number of carbonyl (C=O) groups is 3. The van der Waals surface area contributed by atoms with Crippen LogP contribution in [0.2, 0.25) is 0 Å². The maximum Gasteiger partial charge on any atom is 0.257 e. The second-order valence-electron chi connectivity index (χ2n) is 6.97. The Hall–Kier alpha value is -4.04. The van der Waals surface area contributed by atoms with Crippen LogP contribution < -0.4 is 20.1 Å². The molecule has 7 nitrogen and oxygen atoms in total. The molecule has 3 aromatic rings. The first-order valence-electron chi connectivity index (χ1n) is 9.59. The van der Waals surface area contributed by atoms with Crippen LogP contribution in [-0.4, -0.2) is 36.8 Å². The number of thiocarbonyl (C=S) groups is 1. The van der Waals surface area contributed by atoms with Gasteiger partial charge >= 0.3 is 0 Å². The standard InChI is InChI=1S/C24H18N2O5S/c1-30-15-9-13(10-16(12-15)31-2)23(29)26-24(32)25-14-7-8-19-20(11-14)22(28)18-6-4-3-5-17(18)21(19)27/h3-12H,1-2H3,(H2,25,26,29,32). The number of hydrogen-bond donors (Lipinski definition) is 2. The summed E-state index contributed by atoms with van der Waals surface area (Å²) in [6.45, 7) is 0. The number of methoxy groups -OCH3 is 2. The summed E-state index contributed by atoms with van der Waals surface area (Å²) in [5, 5.41) is 5.50. The zero-order valence-electron chi connectivity index (χ0n) is 17.2. The minimum Gasteiger partial charge on any atom is -0.497 e. The number of nitrogens with one attached hydrogen (secondary N) is 2. The third-order valence-electron chi connectivity index (χ3n) is 5.02. The topological polar surface area (TPSA) is 93.7 Å². The SMILES string of the molecule is COc1cc(OC)cc(C(=O)NC(=S)Nc2ccc3c(c2)C(=O)c2ccccc2C3=O)c1. The minimum absolute atomic E-state index is 0.0340. The van der Waals surface area contributed by atoms with Crippen molar-refractivity contribution >= 4 is 40.5 Å². The Morgan fingerprint density at radius 3 is 1.94 bits per heavy atom. The first-order valence-corrected chi connectivity index (χ1v) is 10.00. The molecule has 0 unspecified atom stereocenters. The molecular weight excluding hydrogens is 428 g/mol. The van der Waals surface area contributed by atoms with Gasteiger partial charge in [0, 0.05) is 39.6 Å². The van der Waals surface area contributed by atoms with E-state index in [0.717, 1.165) is 0 Å². The highest BCUT2D eigenvalue weighted by atomic mass is 32.1. The third kappa shape index (κ3) is 3.95. The van der Waals surface area contributed by atoms with Gasteiger partial charge in [0.2, 0.25) is 0 Å². The third-order valence-corrected chi connectivity index (χ3v) is 5.23. The minimum atomic E-state index is -0.460. The van der Waals surface area contributed by atoms with Crippen molar-refractivity contribution in [1.82, 2.24) is 5.32 Å². The van der Waals surface area contributed by atoms with Gasteiger partial charge in [0.25, 0.3) is 5.91 Å². The molecule has 1 aliphatic rings. The van der Waals surface area contributed by atoms with E-state index in [9.17, 15) is 14.4 Å². The van der Waals surface area contributed by atoms with Gasteiger partial charge in [0.05, 0.1) is 14.2 Å². The van der Waals surface area contributed by atoms with Crippen LogP contribution in [0.25, 0.3) is 0 Å². The smallest absolute Gasteiger partial charge is 0.257 e. The first kappa shape index (κ1) is 21.2. The Bertz CT molecular complexity index is 1260. The molecular formula is C24H18N2O5S. The molecule has 0 saturated heterocycles. The van der Waals surface area contributed by atoms with Crippen LogP contribution in [0.15, 0.2) is 60.7 Å². The Kier molecular flexibility index (Phi) is 5.70. The van der Waals surface area contributed by atoms with E-state index in [1.165, 1.54) is 14.2 Å². The number of amides is 1. The molecule has 0 aromatic heterocycles. The molecule has 0 spiro atoms. The normalized spacial score (nSPS) is 11.8. The molecule has 0 radical (unpaired) electrons. The number of fused-ring (bicyclic) bond motifs is 2. The molecule has 0 bridgehead atoms. The summed E-state index contributed by atoms with van der Waals surface area (Å²) in [6.07, 6.45) is 0. The number of hydrogen-bond acceptors (Lipinski definition) is 6. The van der Waals surface area contributed by atoms with Gasteiger partial charge in [-0.3, -0.25) is 19.7 Å². The summed E-state index contributed by atoms with van der Waals surface area (Å²) < 4.78 is 10.4. The summed E-state index contributed by atoms with van der Waals surface area (Å²) in [5.74, 6) is 0.0257. The molecule has 1 aliphatic carbocycles. The van der Waals surface area contributed by atoms with Crippen LogP contribution in [-0.2, 0) is 0 Å². The summed E-state index contributed by atoms with van der Waals surface area (Å²) in [4.78, 5) is 38.2. The van der Waals surface area contributed by atoms with E-state index < -0.39 is 5.91 Å². The summed E-state index contributed by atoms with van der Waals surface area (Å²) >= 11 is 5.25. The van der Waals surface area contributed by atoms with Crippen LogP contribution in [0, 0.1) is 0 Å². The van der Waals surface area contributed by atoms with Crippen LogP contribution in [0.1, 0.15) is 42.2 Å². The van der Waals surface area contributed by atoms with Gasteiger partial charge < -0.3 is 14.8 Å². The van der Waals surface area contributed by atoms with Crippen molar-refractivity contribution in [2.45, 2.75) is 0 Å². The van der Waals surface area contributed by atoms with Crippen molar-refractivity contribution in [2.75, 3.05) is 19.5 Å². The van der Waals surface area contributed by atoms with Crippen molar-refractivity contribution < 1.29 is 23.9 Å². The number of ether oxygens (including phenoxy) is 2. The van der Waals surface area contributed by atoms with Crippen molar-refractivity contribution in [3.05, 3.63) is 88.5 Å². The number of anilines is 1. The van der Waals surface area contributed by atoms with Crippen molar-refractivity contribution in [1.29, 1.82) is 0 Å². The lowest BCUT2D eigenvalue weighted by Crippen LogP contribution is -2.34. The van der Waals surface area contributed by atoms with Crippen molar-refractivity contribution in [3.8, 4) is 11.5 Å². The molecule has 2 N–H and O–H groups in total. The van der Waals surface area contributed by atoms with E-state index in [-0.39, 0.29) is 22.2 Å². The number of rotatable bonds is 4. The van der Waals surface area contributed by atoms with E-state index in [1.807, 2.05) is 0 Å². The maximum absolute atomic E-state index is 12.9. The Labute approximate surface area is 189 Å². The van der Waals surface area contributed by atoms with Gasteiger partial charge in [0.1, 0.15) is 11.5 Å². The van der Waals surface area contributed by atoms with Gasteiger partial charge in [-0.15, -0.1) is 0 Å². The lowest BCUT2D eigenvalue weighted by molar-refractivity contribution is 0.0976. The second-order valence-corrected chi connectivity index (χ2v) is 7.38. The van der Waals surface area contributed by atoms with E-state index in [4.69, 9.17) is 21.7 Å². The molecule has 32 heavy (non-hydrogen) atoms. The first-order chi connectivity index (χ1) is 15.4. The van der Waals surface area contributed by atoms with Crippen molar-refractivity contribution in [2.24, 2.45) is 0 Å². The van der Waals surface area contributed by atoms with Crippen LogP contribution in [0.5, 0.6) is 11.5 Å². The molecule has 160 valence electrons. The average Bonchev–Trinajstić information content (AvgIpc) is 2.82. The summed E-state index contributed by atoms with van der Waals surface area (Å²) in [7, 11) is 2.98. The monoisotopic (exact) mass is 446 g/mol. The lowest BCUT2D eigenvalue weighted by Gasteiger charge is -2.18. The fourth-order valence-corrected chi connectivity index (χ4v) is 3.66. The molecule has 1 amide bonds. The molecule has 8 heteroatoms. The molecule has 0 fully saturated rings. The van der Waals surface area contributed by atoms with Crippen LogP contribution in [0.4, 0.5) is 5.69 Å². The fourth-order valence-electron chi connectivity index (χ4n) is 3.45. The predicted octanol–water partition coefficient (Wildman–Crippen LogP) is 3.61. The maximum atomic E-state index is 12.9. The Morgan fingerprint density at radius 1 is 0.781 bits per heavy atom. The largest absolute Gasteiger partial charge is 0.497 e. The molecule has 0 atom stereocenters. The van der Waals surface area contributed by atoms with Gasteiger partial charge in [-0.25, -0.2) is 0 Å². The zero-order valence-corrected chi connectivity index (χ0v) is 18.0. The Morgan fingerprint density at radius 2 is 1.34 bits per heavy atom. The molecule has 0 saturated carbocycles. The highest BCUT2D eigenvalue weighted by Crippen LogP contribution is 2.29. The molecule has 4 rings (SSSR count). The summed E-state index contributed by atoms with van der Waals surface area (Å²) in [5.41, 5.74) is 2.14. The number of benzene rings is 3. The van der Waals surface area contributed by atoms with Crippen LogP contribution in [0.3, 0.4) is 0 Å². The van der Waals surface area contributed by atoms with Crippen LogP contribution >= 0.6 is 12.2 Å². The second kappa shape index (κ2) is 8.60. The van der Waals surface area contributed by atoms with Crippen molar-refractivity contribution in [3.63, 3.8) is 0 Å². The van der Waals surface area contributed by atoms with Gasteiger partial charge in [-0.1, -0.05) is 24.3 Å². The highest BCUT2D eigenvalue weighted by Gasteiger charge is 2.29. The predicted molar refractivity (Wildman–Crippen MR) is 123 cm³/mol. The summed E-state index contributed by atoms with van der Waals surface area (Å²) in [6, 6.07) is 16.2. The number of ketones is 2. The molecule has 0 aliphatic heterocycles. The van der Waals surface area contributed by atoms with Gasteiger partial charge in [0.15, 0.2) is 16.7 Å². The fraction of sp³-hybridized carbons (Fsp3) is 0.0833. The lowest BCUT2D eigenvalue weighted by atomic mass is 9.84. The van der Waals surface area contributed by atoms with E-state index >= 15 is 0 Å². The Balaban J connectivity index is 1.52. The van der Waals surface area contributed by atoms with E-state index in [0.29, 0.717) is 39.4 Å². The average molecular weight is 446 g/mol. The van der Waals surface area contributed by atoms with E-state index in [2.05, 4.69) is 10.6 Å². The number of carbonyl (C=O) groups excluding carboxylic acids is 3. The molecule has 0 heterocycles. The quantitative estimate of drug-likeness (QED) is 0.463. The zero-order chi connectivity index (χ0) is 22.8. The highest BCUT2D eigenvalue weighted by molar-refractivity contribution is 7.80. The molecule has 3 aromatic carbocycles. The van der Waals surface area contributed by atoms with Gasteiger partial charge in [-0.2, -0.15) is 0 Å². The van der Waals surface area contributed by atoms with Gasteiger partial charge in [-0.05, 0) is 42.5 Å². The van der Waals surface area contributed by atoms with E-state index in [1.54, 1.807) is 60.7 Å².